The molecule has 0 aliphatic carbocycles. The minimum absolute atomic E-state index is 0.0792. The van der Waals surface area contributed by atoms with Gasteiger partial charge < -0.3 is 20.4 Å². The van der Waals surface area contributed by atoms with Gasteiger partial charge in [-0.05, 0) is 12.1 Å². The molecule has 4 N–H and O–H groups in total. The molecule has 0 amide bonds. The fourth-order valence-electron chi connectivity index (χ4n) is 1.19. The molecular formula is C10H11NO4. The molecule has 0 radical (unpaired) electrons. The summed E-state index contributed by atoms with van der Waals surface area (Å²) in [5, 5.41) is 45.6. The van der Waals surface area contributed by atoms with Crippen LogP contribution in [0.5, 0.6) is 11.5 Å². The second-order valence-electron chi connectivity index (χ2n) is 3.12. The van der Waals surface area contributed by atoms with Gasteiger partial charge in [-0.25, -0.2) is 0 Å². The van der Waals surface area contributed by atoms with E-state index in [-0.39, 0.29) is 23.5 Å². The molecule has 0 heterocycles. The maximum atomic E-state index is 9.55. The molecule has 2 atom stereocenters. The number of phenols is 2. The van der Waals surface area contributed by atoms with E-state index in [9.17, 15) is 15.3 Å². The minimum atomic E-state index is -1.34. The lowest BCUT2D eigenvalue weighted by Gasteiger charge is -2.16. The molecular weight excluding hydrogens is 198 g/mol. The number of hydrogen-bond acceptors (Lipinski definition) is 5. The summed E-state index contributed by atoms with van der Waals surface area (Å²) in [7, 11) is 0. The van der Waals surface area contributed by atoms with Crippen molar-refractivity contribution in [3.63, 3.8) is 0 Å². The third kappa shape index (κ3) is 2.59. The van der Waals surface area contributed by atoms with Crippen molar-refractivity contribution in [1.82, 2.24) is 0 Å². The molecule has 1 rings (SSSR count). The molecule has 5 nitrogen and oxygen atoms in total. The molecule has 2 unspecified atom stereocenters. The third-order valence-corrected chi connectivity index (χ3v) is 2.00. The fourth-order valence-corrected chi connectivity index (χ4v) is 1.19. The summed E-state index contributed by atoms with van der Waals surface area (Å²) in [4.78, 5) is 0. The number of phenolic OH excluding ortho intramolecular Hbond substituents is 2. The topological polar surface area (TPSA) is 105 Å². The first-order valence-electron chi connectivity index (χ1n) is 4.31. The number of benzene rings is 1. The number of hydrogen-bond donors (Lipinski definition) is 4. The van der Waals surface area contributed by atoms with E-state index >= 15 is 0 Å². The zero-order valence-corrected chi connectivity index (χ0v) is 7.83. The first kappa shape index (κ1) is 11.3. The molecule has 0 aromatic heterocycles. The van der Waals surface area contributed by atoms with Gasteiger partial charge in [-0.2, -0.15) is 5.26 Å². The molecule has 0 saturated carbocycles. The Morgan fingerprint density at radius 2 is 1.93 bits per heavy atom. The number of nitriles is 1. The molecule has 1 aromatic carbocycles. The van der Waals surface area contributed by atoms with Gasteiger partial charge in [0.05, 0.1) is 18.6 Å². The SMILES string of the molecule is N#CCC(O)C(O)c1ccc(O)cc1O. The van der Waals surface area contributed by atoms with Gasteiger partial charge in [0.2, 0.25) is 0 Å². The smallest absolute Gasteiger partial charge is 0.125 e. The Hall–Kier alpha value is -1.77. The summed E-state index contributed by atoms with van der Waals surface area (Å²) in [6.07, 6.45) is -2.84. The van der Waals surface area contributed by atoms with Crippen LogP contribution in [0.25, 0.3) is 0 Å². The second kappa shape index (κ2) is 4.64. The van der Waals surface area contributed by atoms with Gasteiger partial charge in [0.25, 0.3) is 0 Å². The average molecular weight is 209 g/mol. The molecule has 0 saturated heterocycles. The van der Waals surface area contributed by atoms with Gasteiger partial charge in [-0.15, -0.1) is 0 Å². The number of nitrogens with zero attached hydrogens (tertiary/aromatic N) is 1. The molecule has 0 aliphatic heterocycles. The van der Waals surface area contributed by atoms with Gasteiger partial charge in [0.15, 0.2) is 0 Å². The quantitative estimate of drug-likeness (QED) is 0.577. The lowest BCUT2D eigenvalue weighted by molar-refractivity contribution is 0.0202. The molecule has 0 bridgehead atoms. The summed E-state index contributed by atoms with van der Waals surface area (Å²) in [6.45, 7) is 0. The number of rotatable bonds is 3. The van der Waals surface area contributed by atoms with Crippen LogP contribution in [0.4, 0.5) is 0 Å². The zero-order valence-electron chi connectivity index (χ0n) is 7.83. The number of aliphatic hydroxyl groups is 2. The minimum Gasteiger partial charge on any atom is -0.508 e. The molecule has 1 aromatic rings. The van der Waals surface area contributed by atoms with E-state index < -0.39 is 12.2 Å². The summed E-state index contributed by atoms with van der Waals surface area (Å²) in [5.74, 6) is -0.460. The zero-order chi connectivity index (χ0) is 11.4. The van der Waals surface area contributed by atoms with Gasteiger partial charge in [-0.3, -0.25) is 0 Å². The van der Waals surface area contributed by atoms with Crippen molar-refractivity contribution in [2.75, 3.05) is 0 Å². The Bertz CT molecular complexity index is 385. The Morgan fingerprint density at radius 1 is 1.27 bits per heavy atom. The Labute approximate surface area is 86.5 Å². The maximum absolute atomic E-state index is 9.55. The van der Waals surface area contributed by atoms with Crippen LogP contribution in [0.3, 0.4) is 0 Å². The van der Waals surface area contributed by atoms with Crippen LogP contribution < -0.4 is 0 Å². The summed E-state index contributed by atoms with van der Waals surface area (Å²) < 4.78 is 0. The predicted molar refractivity (Wildman–Crippen MR) is 51.0 cm³/mol. The predicted octanol–water partition coefficient (Wildman–Crippen LogP) is 0.406. The van der Waals surface area contributed by atoms with E-state index in [0.29, 0.717) is 0 Å². The van der Waals surface area contributed by atoms with E-state index in [1.807, 2.05) is 0 Å². The van der Waals surface area contributed by atoms with E-state index in [2.05, 4.69) is 0 Å². The Balaban J connectivity index is 2.91. The lowest BCUT2D eigenvalue weighted by Crippen LogP contribution is -2.17. The van der Waals surface area contributed by atoms with Crippen LogP contribution in [0, 0.1) is 11.3 Å². The molecule has 80 valence electrons. The second-order valence-corrected chi connectivity index (χ2v) is 3.12. The Morgan fingerprint density at radius 3 is 2.47 bits per heavy atom. The van der Waals surface area contributed by atoms with E-state index in [1.54, 1.807) is 6.07 Å². The number of aromatic hydroxyl groups is 2. The largest absolute Gasteiger partial charge is 0.508 e. The standard InChI is InChI=1S/C10H11NO4/c11-4-3-8(13)10(15)7-2-1-6(12)5-9(7)14/h1-2,5,8,10,12-15H,3H2. The van der Waals surface area contributed by atoms with Crippen molar-refractivity contribution in [2.45, 2.75) is 18.6 Å². The van der Waals surface area contributed by atoms with Crippen LogP contribution in [-0.2, 0) is 0 Å². The highest BCUT2D eigenvalue weighted by atomic mass is 16.3. The first-order chi connectivity index (χ1) is 7.06. The summed E-state index contributed by atoms with van der Waals surface area (Å²) in [6, 6.07) is 5.32. The number of aliphatic hydroxyl groups excluding tert-OH is 2. The normalized spacial score (nSPS) is 14.2. The Kier molecular flexibility index (Phi) is 3.50. The highest BCUT2D eigenvalue weighted by molar-refractivity contribution is 5.40. The van der Waals surface area contributed by atoms with Gasteiger partial charge >= 0.3 is 0 Å². The first-order valence-corrected chi connectivity index (χ1v) is 4.31. The van der Waals surface area contributed by atoms with Crippen LogP contribution in [0.15, 0.2) is 18.2 Å². The maximum Gasteiger partial charge on any atom is 0.125 e. The lowest BCUT2D eigenvalue weighted by atomic mass is 10.0. The van der Waals surface area contributed by atoms with Crippen LogP contribution in [0.1, 0.15) is 18.1 Å². The van der Waals surface area contributed by atoms with Gasteiger partial charge in [-0.1, -0.05) is 0 Å². The molecule has 0 aliphatic rings. The van der Waals surface area contributed by atoms with Crippen molar-refractivity contribution >= 4 is 0 Å². The molecule has 15 heavy (non-hydrogen) atoms. The van der Waals surface area contributed by atoms with E-state index in [0.717, 1.165) is 6.07 Å². The molecule has 0 spiro atoms. The molecule has 5 heteroatoms. The monoisotopic (exact) mass is 209 g/mol. The highest BCUT2D eigenvalue weighted by Gasteiger charge is 2.21. The van der Waals surface area contributed by atoms with Crippen molar-refractivity contribution in [3.8, 4) is 17.6 Å². The van der Waals surface area contributed by atoms with Crippen molar-refractivity contribution in [3.05, 3.63) is 23.8 Å². The van der Waals surface area contributed by atoms with E-state index in [4.69, 9.17) is 10.4 Å². The average Bonchev–Trinajstić information content (AvgIpc) is 2.17. The van der Waals surface area contributed by atoms with Crippen molar-refractivity contribution in [2.24, 2.45) is 0 Å². The van der Waals surface area contributed by atoms with Crippen LogP contribution >= 0.6 is 0 Å². The summed E-state index contributed by atoms with van der Waals surface area (Å²) in [5.41, 5.74) is 0.0792. The highest BCUT2D eigenvalue weighted by Crippen LogP contribution is 2.30. The van der Waals surface area contributed by atoms with Gasteiger partial charge in [0.1, 0.15) is 17.6 Å². The van der Waals surface area contributed by atoms with Crippen LogP contribution in [-0.4, -0.2) is 26.5 Å². The fraction of sp³-hybridized carbons (Fsp3) is 0.300. The molecule has 0 fully saturated rings. The third-order valence-electron chi connectivity index (χ3n) is 2.00. The van der Waals surface area contributed by atoms with Crippen LogP contribution in [0.2, 0.25) is 0 Å². The van der Waals surface area contributed by atoms with Crippen molar-refractivity contribution in [1.29, 1.82) is 5.26 Å². The van der Waals surface area contributed by atoms with Gasteiger partial charge in [0, 0.05) is 11.6 Å². The van der Waals surface area contributed by atoms with Crippen molar-refractivity contribution < 1.29 is 20.4 Å². The van der Waals surface area contributed by atoms with E-state index in [1.165, 1.54) is 12.1 Å². The summed E-state index contributed by atoms with van der Waals surface area (Å²) >= 11 is 0.